The lowest BCUT2D eigenvalue weighted by Gasteiger charge is -2.26. The van der Waals surface area contributed by atoms with Crippen LogP contribution in [0.3, 0.4) is 0 Å². The average molecular weight is 577 g/mol. The molecular formula is C25H22F6N2O3S2. The normalized spacial score (nSPS) is 18.2. The topological polar surface area (TPSA) is 50.8 Å². The minimum Gasteiger partial charge on any atom is -0.493 e. The number of ether oxygens (including phenoxy) is 2. The van der Waals surface area contributed by atoms with Gasteiger partial charge in [-0.3, -0.25) is 9.69 Å². The van der Waals surface area contributed by atoms with E-state index in [1.807, 2.05) is 0 Å². The second kappa shape index (κ2) is 11.6. The summed E-state index contributed by atoms with van der Waals surface area (Å²) in [7, 11) is 0. The van der Waals surface area contributed by atoms with Gasteiger partial charge in [-0.25, -0.2) is 0 Å². The maximum absolute atomic E-state index is 13.4. The molecule has 4 rings (SSSR count). The van der Waals surface area contributed by atoms with Crippen molar-refractivity contribution < 1.29 is 40.6 Å². The van der Waals surface area contributed by atoms with Crippen LogP contribution in [-0.2, 0) is 21.9 Å². The summed E-state index contributed by atoms with van der Waals surface area (Å²) >= 11 is 6.00. The number of halogens is 6. The van der Waals surface area contributed by atoms with Crippen LogP contribution in [0.4, 0.5) is 26.3 Å². The second-order valence-corrected chi connectivity index (χ2v) is 10.3. The molecule has 2 aliphatic rings. The van der Waals surface area contributed by atoms with Crippen LogP contribution in [-0.4, -0.2) is 54.6 Å². The fourth-order valence-electron chi connectivity index (χ4n) is 3.95. The lowest BCUT2D eigenvalue weighted by molar-refractivity contribution is -0.143. The lowest BCUT2D eigenvalue weighted by Crippen LogP contribution is -2.37. The number of carbonyl (C=O) groups excluding carboxylic acids is 1. The molecule has 2 aromatic rings. The zero-order valence-electron chi connectivity index (χ0n) is 19.7. The van der Waals surface area contributed by atoms with Crippen molar-refractivity contribution >= 4 is 40.3 Å². The van der Waals surface area contributed by atoms with E-state index in [1.165, 1.54) is 24.3 Å². The highest BCUT2D eigenvalue weighted by Crippen LogP contribution is 2.40. The van der Waals surface area contributed by atoms with E-state index in [1.54, 1.807) is 0 Å². The zero-order chi connectivity index (χ0) is 27.5. The van der Waals surface area contributed by atoms with Gasteiger partial charge in [0.1, 0.15) is 10.1 Å². The third-order valence-corrected chi connectivity index (χ3v) is 7.00. The summed E-state index contributed by atoms with van der Waals surface area (Å²) in [5, 5.41) is 2.47. The highest BCUT2D eigenvalue weighted by molar-refractivity contribution is 8.26. The van der Waals surface area contributed by atoms with Gasteiger partial charge in [0, 0.05) is 25.2 Å². The SMILES string of the molecule is O=C1NC(=S)SC1=Cc1cc(-c2cc(C(F)(F)F)cc(C(F)(F)F)c2)ccc1OCCCN1CCOCC1. The quantitative estimate of drug-likeness (QED) is 0.190. The first kappa shape index (κ1) is 28.4. The average Bonchev–Trinajstić information content (AvgIpc) is 3.18. The molecular weight excluding hydrogens is 554 g/mol. The van der Waals surface area contributed by atoms with Gasteiger partial charge < -0.3 is 14.8 Å². The van der Waals surface area contributed by atoms with Crippen molar-refractivity contribution in [1.82, 2.24) is 10.2 Å². The van der Waals surface area contributed by atoms with Crippen LogP contribution < -0.4 is 10.1 Å². The van der Waals surface area contributed by atoms with E-state index >= 15 is 0 Å². The first-order chi connectivity index (χ1) is 17.9. The number of amides is 1. The predicted molar refractivity (Wildman–Crippen MR) is 136 cm³/mol. The number of thiocarbonyl (C=S) groups is 1. The molecule has 0 aromatic heterocycles. The third kappa shape index (κ3) is 7.28. The van der Waals surface area contributed by atoms with Gasteiger partial charge in [0.05, 0.1) is 35.9 Å². The minimum atomic E-state index is -4.97. The molecule has 2 fully saturated rings. The van der Waals surface area contributed by atoms with Gasteiger partial charge in [0.25, 0.3) is 5.91 Å². The number of alkyl halides is 6. The molecule has 0 unspecified atom stereocenters. The Morgan fingerprint density at radius 1 is 1.00 bits per heavy atom. The van der Waals surface area contributed by atoms with Crippen molar-refractivity contribution in [2.45, 2.75) is 18.8 Å². The Bertz CT molecular complexity index is 1210. The van der Waals surface area contributed by atoms with Crippen molar-refractivity contribution in [2.24, 2.45) is 0 Å². The summed E-state index contributed by atoms with van der Waals surface area (Å²) < 4.78 is 91.8. The molecule has 2 aromatic carbocycles. The largest absolute Gasteiger partial charge is 0.493 e. The molecule has 2 heterocycles. The molecule has 204 valence electrons. The molecule has 0 aliphatic carbocycles. The van der Waals surface area contributed by atoms with Gasteiger partial charge in [-0.05, 0) is 54.0 Å². The molecule has 2 saturated heterocycles. The van der Waals surface area contributed by atoms with E-state index in [9.17, 15) is 31.1 Å². The molecule has 1 N–H and O–H groups in total. The first-order valence-electron chi connectivity index (χ1n) is 11.5. The second-order valence-electron chi connectivity index (χ2n) is 8.56. The van der Waals surface area contributed by atoms with Gasteiger partial charge in [0.15, 0.2) is 0 Å². The van der Waals surface area contributed by atoms with Crippen LogP contribution in [0.5, 0.6) is 5.75 Å². The summed E-state index contributed by atoms with van der Waals surface area (Å²) in [6.45, 7) is 4.03. The summed E-state index contributed by atoms with van der Waals surface area (Å²) in [5.41, 5.74) is -2.68. The molecule has 1 amide bonds. The monoisotopic (exact) mass is 576 g/mol. The summed E-state index contributed by atoms with van der Waals surface area (Å²) in [5.74, 6) is -0.125. The van der Waals surface area contributed by atoms with Crippen LogP contribution in [0.1, 0.15) is 23.1 Å². The number of rotatable bonds is 7. The number of carbonyl (C=O) groups is 1. The van der Waals surface area contributed by atoms with Crippen molar-refractivity contribution in [3.05, 3.63) is 58.0 Å². The van der Waals surface area contributed by atoms with Gasteiger partial charge >= 0.3 is 12.4 Å². The Morgan fingerprint density at radius 3 is 2.24 bits per heavy atom. The predicted octanol–water partition coefficient (Wildman–Crippen LogP) is 5.98. The van der Waals surface area contributed by atoms with E-state index in [-0.39, 0.29) is 26.4 Å². The van der Waals surface area contributed by atoms with Gasteiger partial charge in [-0.2, -0.15) is 26.3 Å². The summed E-state index contributed by atoms with van der Waals surface area (Å²) in [6.07, 6.45) is -7.81. The molecule has 0 saturated carbocycles. The van der Waals surface area contributed by atoms with Crippen LogP contribution >= 0.6 is 24.0 Å². The Labute approximate surface area is 224 Å². The fraction of sp³-hybridized carbons (Fsp3) is 0.360. The van der Waals surface area contributed by atoms with E-state index in [2.05, 4.69) is 10.2 Å². The van der Waals surface area contributed by atoms with Crippen LogP contribution in [0, 0.1) is 0 Å². The van der Waals surface area contributed by atoms with Gasteiger partial charge in [0.2, 0.25) is 0 Å². The third-order valence-electron chi connectivity index (χ3n) is 5.84. The smallest absolute Gasteiger partial charge is 0.416 e. The standard InChI is InChI=1S/C25H22F6N2O3S2/c26-24(27,28)18-11-16(12-19(14-18)25(29,30)31)15-2-3-20(36-7-1-4-33-5-8-35-9-6-33)17(10-15)13-21-22(34)32-23(37)38-21/h2-3,10-14H,1,4-9H2,(H,32,34,37). The number of hydrogen-bond donors (Lipinski definition) is 1. The van der Waals surface area contributed by atoms with E-state index in [0.717, 1.165) is 31.4 Å². The van der Waals surface area contributed by atoms with Gasteiger partial charge in [-0.1, -0.05) is 30.0 Å². The number of hydrogen-bond acceptors (Lipinski definition) is 6. The fourth-order valence-corrected chi connectivity index (χ4v) is 4.99. The van der Waals surface area contributed by atoms with Crippen molar-refractivity contribution in [3.63, 3.8) is 0 Å². The number of benzene rings is 2. The number of thioether (sulfide) groups is 1. The van der Waals surface area contributed by atoms with Crippen molar-refractivity contribution in [1.29, 1.82) is 0 Å². The Balaban J connectivity index is 1.66. The van der Waals surface area contributed by atoms with Crippen molar-refractivity contribution in [2.75, 3.05) is 39.5 Å². The first-order valence-corrected chi connectivity index (χ1v) is 12.7. The van der Waals surface area contributed by atoms with Gasteiger partial charge in [-0.15, -0.1) is 0 Å². The molecule has 5 nitrogen and oxygen atoms in total. The number of nitrogens with zero attached hydrogens (tertiary/aromatic N) is 1. The van der Waals surface area contributed by atoms with Crippen LogP contribution in [0.2, 0.25) is 0 Å². The molecule has 0 spiro atoms. The van der Waals surface area contributed by atoms with E-state index in [4.69, 9.17) is 21.7 Å². The summed E-state index contributed by atoms with van der Waals surface area (Å²) in [6, 6.07) is 5.67. The minimum absolute atomic E-state index is 0.0821. The van der Waals surface area contributed by atoms with Crippen molar-refractivity contribution in [3.8, 4) is 16.9 Å². The van der Waals surface area contributed by atoms with Crippen LogP contribution in [0.15, 0.2) is 41.3 Å². The summed E-state index contributed by atoms with van der Waals surface area (Å²) in [4.78, 5) is 14.7. The highest BCUT2D eigenvalue weighted by atomic mass is 32.2. The highest BCUT2D eigenvalue weighted by Gasteiger charge is 2.37. The molecule has 0 atom stereocenters. The molecule has 0 bridgehead atoms. The number of morpholine rings is 1. The Hall–Kier alpha value is -2.61. The molecule has 0 radical (unpaired) electrons. The zero-order valence-corrected chi connectivity index (χ0v) is 21.4. The van der Waals surface area contributed by atoms with E-state index < -0.39 is 29.4 Å². The van der Waals surface area contributed by atoms with Crippen LogP contribution in [0.25, 0.3) is 17.2 Å². The maximum atomic E-state index is 13.4. The Kier molecular flexibility index (Phi) is 8.70. The molecule has 2 aliphatic heterocycles. The lowest BCUT2D eigenvalue weighted by atomic mass is 9.97. The molecule has 13 heteroatoms. The number of nitrogens with one attached hydrogen (secondary N) is 1. The maximum Gasteiger partial charge on any atom is 0.416 e. The molecule has 38 heavy (non-hydrogen) atoms. The Morgan fingerprint density at radius 2 is 1.66 bits per heavy atom. The van der Waals surface area contributed by atoms with E-state index in [0.29, 0.717) is 49.7 Å².